The number of aliphatic carboxylic acids is 2. The van der Waals surface area contributed by atoms with E-state index in [0.29, 0.717) is 40.7 Å². The first-order valence-electron chi connectivity index (χ1n) is 19.8. The zero-order valence-corrected chi connectivity index (χ0v) is 35.0. The molecule has 2 atom stereocenters. The fraction of sp³-hybridized carbons (Fsp3) is 0.357. The highest BCUT2D eigenvalue weighted by Gasteiger charge is 2.24. The predicted molar refractivity (Wildman–Crippen MR) is 231 cm³/mol. The molecule has 0 radical (unpaired) electrons. The van der Waals surface area contributed by atoms with Crippen LogP contribution in [0.15, 0.2) is 63.8 Å². The van der Waals surface area contributed by atoms with Crippen LogP contribution in [0.4, 0.5) is 10.5 Å². The Morgan fingerprint density at radius 2 is 1.53 bits per heavy atom. The number of carboxylic acids is 3. The summed E-state index contributed by atoms with van der Waals surface area (Å²) >= 11 is 5.38. The first-order chi connectivity index (χ1) is 30.6. The van der Waals surface area contributed by atoms with E-state index in [4.69, 9.17) is 31.2 Å². The van der Waals surface area contributed by atoms with E-state index in [1.165, 1.54) is 30.3 Å². The second-order valence-corrected chi connectivity index (χ2v) is 14.3. The molecule has 4 rings (SSSR count). The zero-order valence-electron chi connectivity index (χ0n) is 34.2. The molecule has 3 amide bonds. The van der Waals surface area contributed by atoms with Crippen LogP contribution >= 0.6 is 12.2 Å². The molecule has 1 heterocycles. The van der Waals surface area contributed by atoms with E-state index < -0.39 is 42.6 Å². The molecule has 0 spiro atoms. The van der Waals surface area contributed by atoms with Gasteiger partial charge in [0.1, 0.15) is 28.9 Å². The Morgan fingerprint density at radius 3 is 2.25 bits per heavy atom. The van der Waals surface area contributed by atoms with Crippen LogP contribution in [0.5, 0.6) is 5.75 Å². The van der Waals surface area contributed by atoms with Gasteiger partial charge in [-0.3, -0.25) is 24.0 Å². The third-order valence-electron chi connectivity index (χ3n) is 9.23. The summed E-state index contributed by atoms with van der Waals surface area (Å²) in [6, 6.07) is 10.9. The summed E-state index contributed by atoms with van der Waals surface area (Å²) in [7, 11) is 0. The van der Waals surface area contributed by atoms with Gasteiger partial charge in [-0.2, -0.15) is 0 Å². The highest BCUT2D eigenvalue weighted by atomic mass is 32.1. The number of phenolic OH excluding ortho intramolecular Hbond substituents is 1. The van der Waals surface area contributed by atoms with E-state index in [9.17, 15) is 53.7 Å². The number of ether oxygens (including phenoxy) is 3. The Bertz CT molecular complexity index is 2350. The summed E-state index contributed by atoms with van der Waals surface area (Å²) in [6.45, 7) is 1.32. The molecule has 64 heavy (non-hydrogen) atoms. The van der Waals surface area contributed by atoms with Gasteiger partial charge in [-0.15, -0.1) is 0 Å². The van der Waals surface area contributed by atoms with Crippen LogP contribution in [0.3, 0.4) is 0 Å². The van der Waals surface area contributed by atoms with Crippen LogP contribution < -0.4 is 32.0 Å². The van der Waals surface area contributed by atoms with Gasteiger partial charge in [0.2, 0.25) is 5.91 Å². The number of hydrogen-bond donors (Lipinski definition) is 9. The number of benzene rings is 3. The standard InChI is InChI=1S/C42H47N5O16S/c48-23-62-36(11-12-37(53)54)47-41(59)46-32(40(57)58)10-6-25(49)2-1-14-43-35(52)13-16-60-18-19-61-17-15-44-42(64)45-24-3-7-28(31(20-24)39(55)56)38-29-8-4-26(50)21-33(29)63-34-22-27(51)5-9-30(34)38/h3-5,7-9,20-23,32,36,50H,1-2,6,10-19H2,(H,43,52)(H,53,54)(H,55,56)(H,57,58)(H2,44,45,64)(H2,46,47,59)/t32-,36+/m0/s1. The van der Waals surface area contributed by atoms with Gasteiger partial charge in [0.15, 0.2) is 16.8 Å². The molecule has 1 aliphatic heterocycles. The number of phenols is 1. The molecule has 2 aromatic carbocycles. The molecular formula is C42H47N5O16S. The molecule has 0 unspecified atom stereocenters. The molecule has 0 bridgehead atoms. The van der Waals surface area contributed by atoms with Crippen molar-refractivity contribution >= 4 is 76.1 Å². The number of amides is 3. The minimum Gasteiger partial charge on any atom is -0.508 e. The number of nitrogens with one attached hydrogen (secondary N) is 5. The van der Waals surface area contributed by atoms with E-state index in [1.54, 1.807) is 24.3 Å². The van der Waals surface area contributed by atoms with Gasteiger partial charge in [0.05, 0.1) is 38.4 Å². The zero-order chi connectivity index (χ0) is 46.6. The number of aromatic hydroxyl groups is 1. The number of carboxylic acid groups (broad SMARTS) is 3. The molecule has 0 saturated carbocycles. The SMILES string of the molecule is O=CO[C@H](CCC(=O)O)NC(=O)N[C@@H](CCC(=O)CCCNC(=O)CCOCCOCCNC(=S)Nc1ccc(-c2c3ccc(=O)cc-3oc3cc(O)ccc23)c(C(=O)O)c1)C(=O)O. The van der Waals surface area contributed by atoms with Crippen LogP contribution in [0, 0.1) is 0 Å². The molecule has 1 aliphatic carbocycles. The molecule has 0 saturated heterocycles. The van der Waals surface area contributed by atoms with Gasteiger partial charge in [0, 0.05) is 73.1 Å². The van der Waals surface area contributed by atoms with Crippen LogP contribution in [0.2, 0.25) is 0 Å². The van der Waals surface area contributed by atoms with Gasteiger partial charge in [-0.1, -0.05) is 6.07 Å². The maximum atomic E-state index is 12.5. The van der Waals surface area contributed by atoms with E-state index in [0.717, 1.165) is 0 Å². The second kappa shape index (κ2) is 25.1. The molecule has 9 N–H and O–H groups in total. The molecule has 2 aromatic rings. The number of fused-ring (bicyclic) bond motifs is 2. The summed E-state index contributed by atoms with van der Waals surface area (Å²) in [6.07, 6.45) is -1.97. The molecule has 0 aromatic heterocycles. The van der Waals surface area contributed by atoms with E-state index >= 15 is 0 Å². The maximum Gasteiger partial charge on any atom is 0.336 e. The van der Waals surface area contributed by atoms with Gasteiger partial charge in [0.25, 0.3) is 6.47 Å². The van der Waals surface area contributed by atoms with Gasteiger partial charge < -0.3 is 65.6 Å². The molecule has 342 valence electrons. The molecule has 21 nitrogen and oxygen atoms in total. The normalized spacial score (nSPS) is 11.8. The van der Waals surface area contributed by atoms with Crippen molar-refractivity contribution in [1.29, 1.82) is 0 Å². The van der Waals surface area contributed by atoms with Crippen molar-refractivity contribution in [2.45, 2.75) is 57.2 Å². The number of ketones is 1. The van der Waals surface area contributed by atoms with Crippen molar-refractivity contribution in [3.05, 3.63) is 70.4 Å². The van der Waals surface area contributed by atoms with Gasteiger partial charge >= 0.3 is 23.9 Å². The van der Waals surface area contributed by atoms with E-state index in [1.807, 2.05) is 0 Å². The minimum absolute atomic E-state index is 0.0117. The van der Waals surface area contributed by atoms with Crippen molar-refractivity contribution in [2.24, 2.45) is 0 Å². The van der Waals surface area contributed by atoms with E-state index in [2.05, 4.69) is 31.3 Å². The Morgan fingerprint density at radius 1 is 0.781 bits per heavy atom. The lowest BCUT2D eigenvalue weighted by atomic mass is 9.90. The topological polar surface area (TPSA) is 318 Å². The van der Waals surface area contributed by atoms with Crippen LogP contribution in [0.25, 0.3) is 33.4 Å². The quantitative estimate of drug-likeness (QED) is 0.0136. The summed E-state index contributed by atoms with van der Waals surface area (Å²) < 4.78 is 21.4. The smallest absolute Gasteiger partial charge is 0.336 e. The van der Waals surface area contributed by atoms with Crippen molar-refractivity contribution in [3.63, 3.8) is 0 Å². The summed E-state index contributed by atoms with van der Waals surface area (Å²) in [5.74, 6) is -4.24. The number of carbonyl (C=O) groups excluding carboxylic acids is 4. The number of anilines is 1. The van der Waals surface area contributed by atoms with Crippen LogP contribution in [-0.2, 0) is 38.2 Å². The Hall–Kier alpha value is -7.17. The molecular weight excluding hydrogens is 863 g/mol. The van der Waals surface area contributed by atoms with Crippen LogP contribution in [0.1, 0.15) is 55.3 Å². The molecule has 2 aliphatic rings. The third kappa shape index (κ3) is 15.9. The number of urea groups is 1. The molecule has 22 heteroatoms. The first-order valence-corrected chi connectivity index (χ1v) is 20.2. The van der Waals surface area contributed by atoms with Gasteiger partial charge in [-0.05, 0) is 67.0 Å². The highest BCUT2D eigenvalue weighted by molar-refractivity contribution is 7.80. The van der Waals surface area contributed by atoms with Crippen molar-refractivity contribution < 1.29 is 72.6 Å². The second-order valence-electron chi connectivity index (χ2n) is 13.9. The number of aromatic carboxylic acids is 1. The third-order valence-corrected chi connectivity index (χ3v) is 9.48. The minimum atomic E-state index is -1.45. The number of hydrogen-bond acceptors (Lipinski definition) is 14. The summed E-state index contributed by atoms with van der Waals surface area (Å²) in [5, 5.41) is 52.1. The number of Topliss-reactive ketones (excluding diaryl/α,β-unsaturated/α-hetero) is 1. The summed E-state index contributed by atoms with van der Waals surface area (Å²) in [5.41, 5.74) is 1.71. The first kappa shape index (κ1) is 49.5. The highest BCUT2D eigenvalue weighted by Crippen LogP contribution is 2.42. The fourth-order valence-corrected chi connectivity index (χ4v) is 6.42. The molecule has 0 fully saturated rings. The van der Waals surface area contributed by atoms with Crippen molar-refractivity contribution in [3.8, 4) is 28.2 Å². The van der Waals surface area contributed by atoms with E-state index in [-0.39, 0.29) is 116 Å². The predicted octanol–water partition coefficient (Wildman–Crippen LogP) is 3.04. The lowest BCUT2D eigenvalue weighted by Gasteiger charge is -2.19. The Balaban J connectivity index is 1.08. The van der Waals surface area contributed by atoms with Gasteiger partial charge in [-0.25, -0.2) is 14.4 Å². The Kier molecular flexibility index (Phi) is 19.4. The average molecular weight is 910 g/mol. The number of rotatable bonds is 27. The number of carbonyl (C=O) groups is 7. The Labute approximate surface area is 369 Å². The van der Waals surface area contributed by atoms with Crippen LogP contribution in [-0.4, -0.2) is 119 Å². The summed E-state index contributed by atoms with van der Waals surface area (Å²) in [4.78, 5) is 94.1. The largest absolute Gasteiger partial charge is 0.508 e. The lowest BCUT2D eigenvalue weighted by molar-refractivity contribution is -0.141. The maximum absolute atomic E-state index is 12.5. The average Bonchev–Trinajstić information content (AvgIpc) is 3.24. The van der Waals surface area contributed by atoms with Crippen molar-refractivity contribution in [1.82, 2.24) is 21.3 Å². The fourth-order valence-electron chi connectivity index (χ4n) is 6.20. The van der Waals surface area contributed by atoms with Crippen molar-refractivity contribution in [2.75, 3.05) is 44.8 Å². The lowest BCUT2D eigenvalue weighted by Crippen LogP contribution is -2.49. The number of thiocarbonyl (C=S) groups is 1. The monoisotopic (exact) mass is 909 g/mol.